The number of fused-ring (bicyclic) bond motifs is 1. The minimum absolute atomic E-state index is 0.151. The van der Waals surface area contributed by atoms with Crippen LogP contribution in [0.15, 0.2) is 48.7 Å². The van der Waals surface area contributed by atoms with Gasteiger partial charge in [-0.3, -0.25) is 0 Å². The molecule has 6 N–H and O–H groups in total. The molecule has 10 atom stereocenters. The molecule has 0 radical (unpaired) electrons. The Morgan fingerprint density at radius 3 is 2.51 bits per heavy atom. The molecule has 2 aliphatic heterocycles. The van der Waals surface area contributed by atoms with Gasteiger partial charge in [0, 0.05) is 12.5 Å². The Kier molecular flexibility index (Phi) is 7.32. The summed E-state index contributed by atoms with van der Waals surface area (Å²) < 4.78 is 22.3. The standard InChI is InChI=1S/C24H30O11/c1-23(35-16(27)8-7-13-5-3-2-4-6-13)11-15(26)24(31)9-10-32-22(20(23)24)34-21-19(30)18(29)17(28)14(12-25)33-21/h2-10,14-15,17-22,25-26,28-31H,11-12H2,1H3/t14?,15?,17?,18?,19?,20?,21?,22?,23-,24+/m0/s1. The summed E-state index contributed by atoms with van der Waals surface area (Å²) in [5.74, 6) is -1.90. The van der Waals surface area contributed by atoms with E-state index in [9.17, 15) is 35.4 Å². The van der Waals surface area contributed by atoms with Crippen molar-refractivity contribution in [2.75, 3.05) is 6.61 Å². The number of hydrogen-bond acceptors (Lipinski definition) is 11. The summed E-state index contributed by atoms with van der Waals surface area (Å²) in [6, 6.07) is 9.06. The van der Waals surface area contributed by atoms with Crippen LogP contribution in [0.2, 0.25) is 0 Å². The molecule has 8 unspecified atom stereocenters. The van der Waals surface area contributed by atoms with Gasteiger partial charge in [-0.2, -0.15) is 0 Å². The maximum Gasteiger partial charge on any atom is 0.331 e. The molecule has 1 aromatic carbocycles. The van der Waals surface area contributed by atoms with Crippen molar-refractivity contribution in [1.29, 1.82) is 0 Å². The van der Waals surface area contributed by atoms with E-state index in [1.165, 1.54) is 19.1 Å². The number of aliphatic hydroxyl groups excluding tert-OH is 5. The van der Waals surface area contributed by atoms with Crippen LogP contribution in [0.4, 0.5) is 0 Å². The summed E-state index contributed by atoms with van der Waals surface area (Å²) in [4.78, 5) is 12.6. The van der Waals surface area contributed by atoms with Crippen molar-refractivity contribution in [2.24, 2.45) is 5.92 Å². The third-order valence-electron chi connectivity index (χ3n) is 6.77. The van der Waals surface area contributed by atoms with Crippen molar-refractivity contribution in [1.82, 2.24) is 0 Å². The first-order chi connectivity index (χ1) is 16.6. The van der Waals surface area contributed by atoms with Crippen LogP contribution in [0, 0.1) is 5.92 Å². The molecule has 2 heterocycles. The topological polar surface area (TPSA) is 175 Å². The van der Waals surface area contributed by atoms with Gasteiger partial charge in [0.15, 0.2) is 6.29 Å². The first kappa shape index (κ1) is 25.7. The Hall–Kier alpha value is -2.35. The van der Waals surface area contributed by atoms with Crippen LogP contribution >= 0.6 is 0 Å². The molecule has 35 heavy (non-hydrogen) atoms. The number of ether oxygens (including phenoxy) is 4. The highest BCUT2D eigenvalue weighted by Crippen LogP contribution is 2.51. The van der Waals surface area contributed by atoms with Crippen LogP contribution in [0.3, 0.4) is 0 Å². The lowest BCUT2D eigenvalue weighted by Gasteiger charge is -2.45. The maximum atomic E-state index is 12.6. The summed E-state index contributed by atoms with van der Waals surface area (Å²) in [7, 11) is 0. The van der Waals surface area contributed by atoms with Crippen LogP contribution in [0.1, 0.15) is 18.9 Å². The van der Waals surface area contributed by atoms with Crippen LogP contribution in [-0.2, 0) is 23.7 Å². The lowest BCUT2D eigenvalue weighted by molar-refractivity contribution is -0.351. The van der Waals surface area contributed by atoms with Gasteiger partial charge in [-0.05, 0) is 24.6 Å². The highest BCUT2D eigenvalue weighted by Gasteiger charge is 2.66. The molecule has 1 aliphatic carbocycles. The Bertz CT molecular complexity index is 950. The van der Waals surface area contributed by atoms with E-state index >= 15 is 0 Å². The Morgan fingerprint density at radius 2 is 1.83 bits per heavy atom. The molecule has 1 aromatic rings. The van der Waals surface area contributed by atoms with Crippen LogP contribution in [0.25, 0.3) is 6.08 Å². The average molecular weight is 494 g/mol. The van der Waals surface area contributed by atoms with E-state index in [1.807, 2.05) is 18.2 Å². The van der Waals surface area contributed by atoms with Crippen molar-refractivity contribution in [3.63, 3.8) is 0 Å². The molecule has 3 aliphatic rings. The molecule has 2 fully saturated rings. The first-order valence-corrected chi connectivity index (χ1v) is 11.2. The summed E-state index contributed by atoms with van der Waals surface area (Å²) >= 11 is 0. The van der Waals surface area contributed by atoms with Gasteiger partial charge in [0.2, 0.25) is 6.29 Å². The van der Waals surface area contributed by atoms with Gasteiger partial charge < -0.3 is 49.6 Å². The second kappa shape index (κ2) is 9.96. The van der Waals surface area contributed by atoms with E-state index in [4.69, 9.17) is 18.9 Å². The van der Waals surface area contributed by atoms with Crippen molar-refractivity contribution in [3.8, 4) is 0 Å². The molecule has 0 amide bonds. The minimum atomic E-state index is -1.91. The second-order valence-corrected chi connectivity index (χ2v) is 9.20. The molecule has 0 aromatic heterocycles. The average Bonchev–Trinajstić information content (AvgIpc) is 3.03. The fourth-order valence-electron chi connectivity index (χ4n) is 4.92. The third kappa shape index (κ3) is 4.86. The number of rotatable bonds is 6. The molecule has 0 spiro atoms. The lowest BCUT2D eigenvalue weighted by atomic mass is 9.81. The van der Waals surface area contributed by atoms with Crippen molar-refractivity contribution >= 4 is 12.0 Å². The first-order valence-electron chi connectivity index (χ1n) is 11.2. The normalized spacial score (nSPS) is 43.1. The van der Waals surface area contributed by atoms with Crippen molar-refractivity contribution < 1.29 is 54.4 Å². The monoisotopic (exact) mass is 494 g/mol. The fourth-order valence-corrected chi connectivity index (χ4v) is 4.92. The number of carbonyl (C=O) groups is 1. The Balaban J connectivity index is 1.55. The van der Waals surface area contributed by atoms with Gasteiger partial charge in [0.25, 0.3) is 0 Å². The van der Waals surface area contributed by atoms with Crippen LogP contribution in [-0.4, -0.2) is 97.5 Å². The van der Waals surface area contributed by atoms with E-state index < -0.39 is 72.8 Å². The van der Waals surface area contributed by atoms with Gasteiger partial charge in [0.1, 0.15) is 35.6 Å². The predicted molar refractivity (Wildman–Crippen MR) is 118 cm³/mol. The predicted octanol–water partition coefficient (Wildman–Crippen LogP) is -1.20. The molecule has 0 bridgehead atoms. The molecule has 11 heteroatoms. The minimum Gasteiger partial charge on any atom is -0.472 e. The van der Waals surface area contributed by atoms with E-state index in [0.29, 0.717) is 0 Å². The molecule has 4 rings (SSSR count). The zero-order valence-corrected chi connectivity index (χ0v) is 19.0. The van der Waals surface area contributed by atoms with Gasteiger partial charge >= 0.3 is 5.97 Å². The number of esters is 1. The van der Waals surface area contributed by atoms with Crippen molar-refractivity contribution in [2.45, 2.75) is 67.6 Å². The van der Waals surface area contributed by atoms with E-state index in [1.54, 1.807) is 18.2 Å². The number of carbonyl (C=O) groups excluding carboxylic acids is 1. The number of aliphatic hydroxyl groups is 6. The summed E-state index contributed by atoms with van der Waals surface area (Å²) in [6.45, 7) is 0.852. The zero-order chi connectivity index (χ0) is 25.4. The molecule has 192 valence electrons. The van der Waals surface area contributed by atoms with Gasteiger partial charge in [0.05, 0.1) is 24.9 Å². The van der Waals surface area contributed by atoms with E-state index in [2.05, 4.69) is 0 Å². The zero-order valence-electron chi connectivity index (χ0n) is 19.0. The van der Waals surface area contributed by atoms with Gasteiger partial charge in [-0.25, -0.2) is 4.79 Å². The van der Waals surface area contributed by atoms with Gasteiger partial charge in [-0.15, -0.1) is 0 Å². The second-order valence-electron chi connectivity index (χ2n) is 9.20. The maximum absolute atomic E-state index is 12.6. The van der Waals surface area contributed by atoms with Crippen molar-refractivity contribution in [3.05, 3.63) is 54.3 Å². The highest BCUT2D eigenvalue weighted by molar-refractivity contribution is 5.87. The Morgan fingerprint density at radius 1 is 1.11 bits per heavy atom. The Labute approximate surface area is 201 Å². The SMILES string of the molecule is C[C@]1(OC(=O)C=Cc2ccccc2)CC(O)[C@]2(O)C=COC(OC3OC(CO)C(O)C(O)C3O)C21. The summed E-state index contributed by atoms with van der Waals surface area (Å²) in [6.07, 6.45) is -5.57. The molecular formula is C24H30O11. The highest BCUT2D eigenvalue weighted by atomic mass is 16.8. The lowest BCUT2D eigenvalue weighted by Crippen LogP contribution is -2.62. The van der Waals surface area contributed by atoms with Crippen LogP contribution < -0.4 is 0 Å². The quantitative estimate of drug-likeness (QED) is 0.207. The van der Waals surface area contributed by atoms with Crippen LogP contribution in [0.5, 0.6) is 0 Å². The van der Waals surface area contributed by atoms with E-state index in [0.717, 1.165) is 11.8 Å². The smallest absolute Gasteiger partial charge is 0.331 e. The summed E-state index contributed by atoms with van der Waals surface area (Å²) in [5.41, 5.74) is -2.62. The van der Waals surface area contributed by atoms with Gasteiger partial charge in [-0.1, -0.05) is 30.3 Å². The molecule has 11 nitrogen and oxygen atoms in total. The largest absolute Gasteiger partial charge is 0.472 e. The number of hydrogen-bond donors (Lipinski definition) is 6. The molecular weight excluding hydrogens is 464 g/mol. The summed E-state index contributed by atoms with van der Waals surface area (Å²) in [5, 5.41) is 61.7. The number of benzene rings is 1. The van der Waals surface area contributed by atoms with E-state index in [-0.39, 0.29) is 6.42 Å². The molecule has 1 saturated heterocycles. The fraction of sp³-hybridized carbons (Fsp3) is 0.542. The molecule has 1 saturated carbocycles. The third-order valence-corrected chi connectivity index (χ3v) is 6.77.